The van der Waals surface area contributed by atoms with Crippen molar-refractivity contribution < 1.29 is 13.9 Å². The van der Waals surface area contributed by atoms with E-state index in [1.54, 1.807) is 18.2 Å². The van der Waals surface area contributed by atoms with E-state index in [-0.39, 0.29) is 17.8 Å². The molecule has 0 radical (unpaired) electrons. The fourth-order valence-corrected chi connectivity index (χ4v) is 2.73. The Balaban J connectivity index is 1.53. The smallest absolute Gasteiger partial charge is 0.258 e. The van der Waals surface area contributed by atoms with Crippen LogP contribution in [-0.4, -0.2) is 24.8 Å². The van der Waals surface area contributed by atoms with Gasteiger partial charge in [0.1, 0.15) is 17.6 Å². The molecule has 2 atom stereocenters. The number of carbonyl (C=O) groups is 1. The van der Waals surface area contributed by atoms with Gasteiger partial charge in [0.2, 0.25) is 0 Å². The van der Waals surface area contributed by atoms with Crippen LogP contribution in [-0.2, 0) is 4.79 Å². The van der Waals surface area contributed by atoms with E-state index in [1.165, 1.54) is 12.3 Å². The molecule has 26 heavy (non-hydrogen) atoms. The highest BCUT2D eigenvalue weighted by Gasteiger charge is 2.30. The van der Waals surface area contributed by atoms with Crippen LogP contribution < -0.4 is 21.0 Å². The van der Waals surface area contributed by atoms with Gasteiger partial charge in [-0.2, -0.15) is 5.10 Å². The van der Waals surface area contributed by atoms with Gasteiger partial charge in [0.05, 0.1) is 12.8 Å². The number of carbonyl (C=O) groups excluding carboxylic acids is 1. The fourth-order valence-electron chi connectivity index (χ4n) is 2.73. The molecule has 0 saturated carbocycles. The Hall–Kier alpha value is -2.77. The van der Waals surface area contributed by atoms with Gasteiger partial charge >= 0.3 is 0 Å². The standard InChI is InChI=1S/C19H21FN4O2/c1-2-26-15-9-7-13(8-10-15)17-11-18(23-22-17)19(25)24-21-12-14-5-3-4-6-16(14)20/h3-10,12,17-18,22-23H,2,11H2,1H3,(H,24,25)/b21-12+. The molecule has 1 saturated heterocycles. The molecular weight excluding hydrogens is 335 g/mol. The zero-order chi connectivity index (χ0) is 18.4. The molecule has 1 heterocycles. The van der Waals surface area contributed by atoms with E-state index in [0.717, 1.165) is 11.3 Å². The molecule has 0 bridgehead atoms. The lowest BCUT2D eigenvalue weighted by molar-refractivity contribution is -0.122. The Labute approximate surface area is 151 Å². The highest BCUT2D eigenvalue weighted by Crippen LogP contribution is 2.24. The Morgan fingerprint density at radius 1 is 1.27 bits per heavy atom. The molecule has 3 rings (SSSR count). The molecule has 6 nitrogen and oxygen atoms in total. The Morgan fingerprint density at radius 3 is 2.77 bits per heavy atom. The van der Waals surface area contributed by atoms with Crippen LogP contribution >= 0.6 is 0 Å². The van der Waals surface area contributed by atoms with E-state index >= 15 is 0 Å². The van der Waals surface area contributed by atoms with Crippen molar-refractivity contribution in [3.05, 3.63) is 65.5 Å². The summed E-state index contributed by atoms with van der Waals surface area (Å²) in [4.78, 5) is 12.2. The van der Waals surface area contributed by atoms with E-state index < -0.39 is 6.04 Å². The van der Waals surface area contributed by atoms with Gasteiger partial charge in [-0.3, -0.25) is 4.79 Å². The maximum Gasteiger partial charge on any atom is 0.258 e. The van der Waals surface area contributed by atoms with Crippen LogP contribution in [0.3, 0.4) is 0 Å². The van der Waals surface area contributed by atoms with E-state index in [2.05, 4.69) is 21.4 Å². The molecule has 136 valence electrons. The lowest BCUT2D eigenvalue weighted by Crippen LogP contribution is -2.41. The third-order valence-electron chi connectivity index (χ3n) is 4.10. The van der Waals surface area contributed by atoms with Crippen molar-refractivity contribution in [3.8, 4) is 5.75 Å². The zero-order valence-corrected chi connectivity index (χ0v) is 14.4. The molecule has 0 aliphatic carbocycles. The van der Waals surface area contributed by atoms with Crippen molar-refractivity contribution in [2.45, 2.75) is 25.4 Å². The average Bonchev–Trinajstić information content (AvgIpc) is 3.14. The number of nitrogens with zero attached hydrogens (tertiary/aromatic N) is 1. The maximum absolute atomic E-state index is 13.5. The van der Waals surface area contributed by atoms with Crippen molar-refractivity contribution >= 4 is 12.1 Å². The van der Waals surface area contributed by atoms with Crippen LogP contribution in [0.1, 0.15) is 30.5 Å². The molecule has 7 heteroatoms. The lowest BCUT2D eigenvalue weighted by Gasteiger charge is -2.10. The predicted molar refractivity (Wildman–Crippen MR) is 97.2 cm³/mol. The molecule has 3 N–H and O–H groups in total. The minimum Gasteiger partial charge on any atom is -0.494 e. The van der Waals surface area contributed by atoms with Crippen LogP contribution in [0.4, 0.5) is 4.39 Å². The highest BCUT2D eigenvalue weighted by atomic mass is 19.1. The topological polar surface area (TPSA) is 74.8 Å². The summed E-state index contributed by atoms with van der Waals surface area (Å²) in [5.41, 5.74) is 9.89. The van der Waals surface area contributed by atoms with E-state index in [1.807, 2.05) is 31.2 Å². The zero-order valence-electron chi connectivity index (χ0n) is 14.4. The summed E-state index contributed by atoms with van der Waals surface area (Å²) in [6.45, 7) is 2.56. The van der Waals surface area contributed by atoms with Gasteiger partial charge in [0, 0.05) is 11.6 Å². The summed E-state index contributed by atoms with van der Waals surface area (Å²) in [5.74, 6) is 0.152. The molecule has 1 amide bonds. The van der Waals surface area contributed by atoms with E-state index in [9.17, 15) is 9.18 Å². The number of hydrazine groups is 1. The second kappa shape index (κ2) is 8.55. The van der Waals surface area contributed by atoms with Crippen LogP contribution in [0.25, 0.3) is 0 Å². The van der Waals surface area contributed by atoms with Crippen LogP contribution in [0, 0.1) is 5.82 Å². The van der Waals surface area contributed by atoms with Gasteiger partial charge in [0.15, 0.2) is 0 Å². The Morgan fingerprint density at radius 2 is 2.04 bits per heavy atom. The largest absolute Gasteiger partial charge is 0.494 e. The first kappa shape index (κ1) is 18.0. The number of nitrogens with one attached hydrogen (secondary N) is 3. The first-order valence-corrected chi connectivity index (χ1v) is 8.48. The van der Waals surface area contributed by atoms with Gasteiger partial charge in [-0.1, -0.05) is 30.3 Å². The summed E-state index contributed by atoms with van der Waals surface area (Å²) in [6, 6.07) is 13.6. The predicted octanol–water partition coefficient (Wildman–Crippen LogP) is 2.28. The van der Waals surface area contributed by atoms with Gasteiger partial charge in [-0.25, -0.2) is 20.7 Å². The molecular formula is C19H21FN4O2. The third kappa shape index (κ3) is 4.44. The number of hydrogen-bond donors (Lipinski definition) is 3. The minimum atomic E-state index is -0.427. The number of rotatable bonds is 6. The second-order valence-electron chi connectivity index (χ2n) is 5.89. The van der Waals surface area contributed by atoms with Gasteiger partial charge in [-0.05, 0) is 37.1 Å². The minimum absolute atomic E-state index is 0.0111. The molecule has 1 aliphatic rings. The fraction of sp³-hybridized carbons (Fsp3) is 0.263. The van der Waals surface area contributed by atoms with E-state index in [4.69, 9.17) is 4.74 Å². The van der Waals surface area contributed by atoms with Crippen molar-refractivity contribution in [3.63, 3.8) is 0 Å². The number of hydrazone groups is 1. The van der Waals surface area contributed by atoms with Gasteiger partial charge < -0.3 is 4.74 Å². The summed E-state index contributed by atoms with van der Waals surface area (Å²) in [7, 11) is 0. The Kier molecular flexibility index (Phi) is 5.93. The second-order valence-corrected chi connectivity index (χ2v) is 5.89. The van der Waals surface area contributed by atoms with Crippen LogP contribution in [0.5, 0.6) is 5.75 Å². The average molecular weight is 356 g/mol. The van der Waals surface area contributed by atoms with Crippen LogP contribution in [0.2, 0.25) is 0 Å². The SMILES string of the molecule is CCOc1ccc(C2CC(C(=O)N/N=C/c3ccccc3F)NN2)cc1. The number of amides is 1. The molecule has 1 aliphatic heterocycles. The third-order valence-corrected chi connectivity index (χ3v) is 4.10. The summed E-state index contributed by atoms with van der Waals surface area (Å²) in [6.07, 6.45) is 1.87. The van der Waals surface area contributed by atoms with Crippen molar-refractivity contribution in [2.75, 3.05) is 6.61 Å². The molecule has 1 fully saturated rings. The van der Waals surface area contributed by atoms with Crippen LogP contribution in [0.15, 0.2) is 53.6 Å². The first-order chi connectivity index (χ1) is 12.7. The van der Waals surface area contributed by atoms with Crippen molar-refractivity contribution in [1.82, 2.24) is 16.3 Å². The lowest BCUT2D eigenvalue weighted by atomic mass is 10.0. The molecule has 2 aromatic rings. The Bertz CT molecular complexity index is 779. The van der Waals surface area contributed by atoms with Gasteiger partial charge in [-0.15, -0.1) is 0 Å². The molecule has 2 aromatic carbocycles. The maximum atomic E-state index is 13.5. The number of halogens is 1. The van der Waals surface area contributed by atoms with Crippen molar-refractivity contribution in [1.29, 1.82) is 0 Å². The molecule has 2 unspecified atom stereocenters. The first-order valence-electron chi connectivity index (χ1n) is 8.48. The quantitative estimate of drug-likeness (QED) is 0.548. The normalized spacial score (nSPS) is 19.6. The number of ether oxygens (including phenoxy) is 1. The molecule has 0 aromatic heterocycles. The monoisotopic (exact) mass is 356 g/mol. The summed E-state index contributed by atoms with van der Waals surface area (Å²) in [5, 5.41) is 3.83. The van der Waals surface area contributed by atoms with Gasteiger partial charge in [0.25, 0.3) is 5.91 Å². The van der Waals surface area contributed by atoms with E-state index in [0.29, 0.717) is 18.6 Å². The summed E-state index contributed by atoms with van der Waals surface area (Å²) < 4.78 is 18.9. The highest BCUT2D eigenvalue weighted by molar-refractivity contribution is 5.85. The van der Waals surface area contributed by atoms with Crippen molar-refractivity contribution in [2.24, 2.45) is 5.10 Å². The number of hydrogen-bond acceptors (Lipinski definition) is 5. The molecule has 0 spiro atoms. The summed E-state index contributed by atoms with van der Waals surface area (Å²) >= 11 is 0. The number of benzene rings is 2.